The highest BCUT2D eigenvalue weighted by molar-refractivity contribution is 5.69. The molecule has 0 bridgehead atoms. The van der Waals surface area contributed by atoms with Crippen LogP contribution in [0.15, 0.2) is 0 Å². The molecule has 6 nitrogen and oxygen atoms in total. The smallest absolute Gasteiger partial charge is 0.349 e. The Bertz CT molecular complexity index is 163. The highest BCUT2D eigenvalue weighted by atomic mass is 17.5. The van der Waals surface area contributed by atoms with Gasteiger partial charge < -0.3 is 5.11 Å². The average Bonchev–Trinajstić information content (AvgIpc) is 1.84. The SMILES string of the molecule is CC(=O)OOOC(=O)CC(C)O. The van der Waals surface area contributed by atoms with Crippen LogP contribution in [-0.4, -0.2) is 23.1 Å². The third-order valence-electron chi connectivity index (χ3n) is 0.740. The van der Waals surface area contributed by atoms with E-state index >= 15 is 0 Å². The van der Waals surface area contributed by atoms with Crippen LogP contribution in [0.1, 0.15) is 20.3 Å². The molecule has 0 aliphatic carbocycles. The molecule has 1 atom stereocenters. The Hall–Kier alpha value is -1.14. The van der Waals surface area contributed by atoms with E-state index in [1.54, 1.807) is 0 Å². The number of carbonyl (C=O) groups is 2. The van der Waals surface area contributed by atoms with Gasteiger partial charge in [0.2, 0.25) is 0 Å². The van der Waals surface area contributed by atoms with Crippen LogP contribution in [0.2, 0.25) is 0 Å². The second kappa shape index (κ2) is 5.50. The Morgan fingerprint density at radius 2 is 2.00 bits per heavy atom. The number of aliphatic hydroxyl groups is 1. The number of carbonyl (C=O) groups excluding carboxylic acids is 2. The molecule has 0 aromatic carbocycles. The normalized spacial score (nSPS) is 11.9. The third kappa shape index (κ3) is 6.97. The number of rotatable bonds is 4. The molecule has 0 aromatic rings. The van der Waals surface area contributed by atoms with Crippen molar-refractivity contribution in [2.45, 2.75) is 26.4 Å². The summed E-state index contributed by atoms with van der Waals surface area (Å²) in [7, 11) is 0. The van der Waals surface area contributed by atoms with Crippen molar-refractivity contribution in [1.29, 1.82) is 0 Å². The van der Waals surface area contributed by atoms with Crippen molar-refractivity contribution in [3.05, 3.63) is 0 Å². The summed E-state index contributed by atoms with van der Waals surface area (Å²) in [6, 6.07) is 0. The molecule has 0 aliphatic rings. The minimum absolute atomic E-state index is 0.221. The Kier molecular flexibility index (Phi) is 4.98. The Balaban J connectivity index is 3.38. The standard InChI is InChI=1S/C6H10O6/c1-4(7)3-6(9)11-12-10-5(2)8/h4,7H,3H2,1-2H3. The number of hydrogen-bond acceptors (Lipinski definition) is 6. The summed E-state index contributed by atoms with van der Waals surface area (Å²) in [6.45, 7) is 2.50. The lowest BCUT2D eigenvalue weighted by Gasteiger charge is -2.01. The highest BCUT2D eigenvalue weighted by Crippen LogP contribution is 1.94. The van der Waals surface area contributed by atoms with Gasteiger partial charge in [-0.3, -0.25) is 9.78 Å². The minimum Gasteiger partial charge on any atom is -0.393 e. The minimum atomic E-state index is -0.821. The molecular weight excluding hydrogens is 168 g/mol. The van der Waals surface area contributed by atoms with Crippen molar-refractivity contribution >= 4 is 11.9 Å². The summed E-state index contributed by atoms with van der Waals surface area (Å²) in [6.07, 6.45) is -1.04. The zero-order valence-corrected chi connectivity index (χ0v) is 6.77. The van der Waals surface area contributed by atoms with E-state index in [4.69, 9.17) is 5.11 Å². The van der Waals surface area contributed by atoms with Gasteiger partial charge in [-0.2, -0.15) is 0 Å². The quantitative estimate of drug-likeness (QED) is 0.470. The zero-order valence-electron chi connectivity index (χ0n) is 6.77. The molecule has 0 saturated heterocycles. The van der Waals surface area contributed by atoms with E-state index < -0.39 is 18.0 Å². The summed E-state index contributed by atoms with van der Waals surface area (Å²) >= 11 is 0. The van der Waals surface area contributed by atoms with Gasteiger partial charge in [0.1, 0.15) is 0 Å². The average molecular weight is 178 g/mol. The van der Waals surface area contributed by atoms with Gasteiger partial charge in [0.15, 0.2) is 0 Å². The molecule has 0 amide bonds. The topological polar surface area (TPSA) is 82.1 Å². The van der Waals surface area contributed by atoms with Gasteiger partial charge in [-0.25, -0.2) is 9.59 Å². The molecule has 1 N–H and O–H groups in total. The second-order valence-corrected chi connectivity index (χ2v) is 2.15. The molecule has 0 heterocycles. The molecule has 12 heavy (non-hydrogen) atoms. The molecular formula is C6H10O6. The van der Waals surface area contributed by atoms with E-state index in [0.29, 0.717) is 0 Å². The first-order chi connectivity index (χ1) is 5.52. The molecule has 0 radical (unpaired) electrons. The fourth-order valence-corrected chi connectivity index (χ4v) is 0.378. The van der Waals surface area contributed by atoms with Crippen molar-refractivity contribution < 1.29 is 29.5 Å². The van der Waals surface area contributed by atoms with E-state index in [2.05, 4.69) is 14.8 Å². The van der Waals surface area contributed by atoms with Crippen LogP contribution in [0.25, 0.3) is 0 Å². The number of aliphatic hydroxyl groups excluding tert-OH is 1. The predicted octanol–water partition coefficient (Wildman–Crippen LogP) is -0.290. The van der Waals surface area contributed by atoms with Crippen LogP contribution in [0, 0.1) is 0 Å². The fourth-order valence-electron chi connectivity index (χ4n) is 0.378. The van der Waals surface area contributed by atoms with Crippen LogP contribution in [0.3, 0.4) is 0 Å². The Labute approximate surface area is 68.9 Å². The van der Waals surface area contributed by atoms with Gasteiger partial charge in [-0.05, 0) is 6.92 Å². The van der Waals surface area contributed by atoms with Crippen molar-refractivity contribution in [3.8, 4) is 0 Å². The molecule has 0 rings (SSSR count). The summed E-state index contributed by atoms with van der Waals surface area (Å²) in [5.74, 6) is -1.55. The van der Waals surface area contributed by atoms with Crippen molar-refractivity contribution in [2.24, 2.45) is 0 Å². The molecule has 0 fully saturated rings. The van der Waals surface area contributed by atoms with E-state index in [9.17, 15) is 9.59 Å². The van der Waals surface area contributed by atoms with Gasteiger partial charge in [-0.1, -0.05) is 0 Å². The van der Waals surface area contributed by atoms with Gasteiger partial charge in [-0.15, -0.1) is 0 Å². The van der Waals surface area contributed by atoms with Crippen LogP contribution >= 0.6 is 0 Å². The van der Waals surface area contributed by atoms with E-state index in [1.165, 1.54) is 6.92 Å². The maximum atomic E-state index is 10.5. The molecule has 0 spiro atoms. The van der Waals surface area contributed by atoms with Crippen LogP contribution in [-0.2, 0) is 24.4 Å². The maximum absolute atomic E-state index is 10.5. The molecule has 6 heteroatoms. The lowest BCUT2D eigenvalue weighted by molar-refractivity contribution is -0.459. The van der Waals surface area contributed by atoms with Gasteiger partial charge >= 0.3 is 11.9 Å². The van der Waals surface area contributed by atoms with E-state index in [1.807, 2.05) is 0 Å². The fraction of sp³-hybridized carbons (Fsp3) is 0.667. The largest absolute Gasteiger partial charge is 0.393 e. The summed E-state index contributed by atoms with van der Waals surface area (Å²) in [5, 5.41) is 12.4. The van der Waals surface area contributed by atoms with Crippen LogP contribution < -0.4 is 0 Å². The lowest BCUT2D eigenvalue weighted by atomic mass is 10.3. The molecule has 0 saturated carbocycles. The first kappa shape index (κ1) is 10.9. The van der Waals surface area contributed by atoms with Crippen LogP contribution in [0.5, 0.6) is 0 Å². The molecule has 0 aromatic heterocycles. The predicted molar refractivity (Wildman–Crippen MR) is 35.2 cm³/mol. The van der Waals surface area contributed by atoms with Gasteiger partial charge in [0, 0.05) is 12.0 Å². The summed E-state index contributed by atoms with van der Waals surface area (Å²) in [5.41, 5.74) is 0. The first-order valence-corrected chi connectivity index (χ1v) is 3.25. The Morgan fingerprint density at radius 1 is 1.42 bits per heavy atom. The molecule has 70 valence electrons. The van der Waals surface area contributed by atoms with Crippen molar-refractivity contribution in [2.75, 3.05) is 0 Å². The third-order valence-corrected chi connectivity index (χ3v) is 0.740. The van der Waals surface area contributed by atoms with E-state index in [0.717, 1.165) is 6.92 Å². The summed E-state index contributed by atoms with van der Waals surface area (Å²) < 4.78 is 0. The van der Waals surface area contributed by atoms with Crippen molar-refractivity contribution in [3.63, 3.8) is 0 Å². The van der Waals surface area contributed by atoms with E-state index in [-0.39, 0.29) is 6.42 Å². The van der Waals surface area contributed by atoms with Gasteiger partial charge in [0.25, 0.3) is 0 Å². The lowest BCUT2D eigenvalue weighted by Crippen LogP contribution is -2.13. The Morgan fingerprint density at radius 3 is 2.42 bits per heavy atom. The molecule has 1 unspecified atom stereocenters. The van der Waals surface area contributed by atoms with Crippen molar-refractivity contribution in [1.82, 2.24) is 0 Å². The highest BCUT2D eigenvalue weighted by Gasteiger charge is 2.09. The monoisotopic (exact) mass is 178 g/mol. The first-order valence-electron chi connectivity index (χ1n) is 3.25. The second-order valence-electron chi connectivity index (χ2n) is 2.15. The summed E-state index contributed by atoms with van der Waals surface area (Å²) in [4.78, 5) is 28.3. The van der Waals surface area contributed by atoms with Crippen LogP contribution in [0.4, 0.5) is 0 Å². The zero-order chi connectivity index (χ0) is 9.56. The number of hydrogen-bond donors (Lipinski definition) is 1. The maximum Gasteiger partial charge on any atom is 0.349 e. The molecule has 0 aliphatic heterocycles. The van der Waals surface area contributed by atoms with Gasteiger partial charge in [0.05, 0.1) is 12.5 Å².